The van der Waals surface area contributed by atoms with E-state index in [2.05, 4.69) is 68.7 Å². The van der Waals surface area contributed by atoms with Crippen LogP contribution in [0, 0.1) is 0 Å². The maximum absolute atomic E-state index is 12.2. The summed E-state index contributed by atoms with van der Waals surface area (Å²) >= 11 is 9.26. The number of hydrogen-bond acceptors (Lipinski definition) is 8. The molecule has 0 saturated heterocycles. The van der Waals surface area contributed by atoms with E-state index in [1.165, 1.54) is 0 Å². The predicted molar refractivity (Wildman–Crippen MR) is 137 cm³/mol. The number of nitrogen functional groups attached to an aromatic ring is 2. The molecule has 182 valence electrons. The van der Waals surface area contributed by atoms with Crippen LogP contribution < -0.4 is 27.4 Å². The Balaban J connectivity index is 1.71. The molecule has 1 atom stereocenters. The van der Waals surface area contributed by atoms with Gasteiger partial charge in [-0.2, -0.15) is 0 Å². The highest BCUT2D eigenvalue weighted by Gasteiger charge is 2.20. The topological polar surface area (TPSA) is 151 Å². The van der Waals surface area contributed by atoms with Gasteiger partial charge in [-0.25, -0.2) is 9.97 Å². The quantitative estimate of drug-likeness (QED) is 0.251. The van der Waals surface area contributed by atoms with Crippen molar-refractivity contribution in [2.75, 3.05) is 37.6 Å². The number of nitrogens with zero attached hydrogens (tertiary/aromatic N) is 2. The molecule has 0 aliphatic carbocycles. The van der Waals surface area contributed by atoms with Gasteiger partial charge in [0, 0.05) is 24.7 Å². The van der Waals surface area contributed by atoms with Crippen LogP contribution in [0.4, 0.5) is 11.6 Å². The van der Waals surface area contributed by atoms with Crippen LogP contribution >= 0.6 is 27.5 Å². The summed E-state index contributed by atoms with van der Waals surface area (Å²) in [7, 11) is 0. The first-order valence-corrected chi connectivity index (χ1v) is 11.9. The first kappa shape index (κ1) is 27.1. The van der Waals surface area contributed by atoms with Crippen molar-refractivity contribution in [1.29, 1.82) is 0 Å². The van der Waals surface area contributed by atoms with Crippen LogP contribution in [0.5, 0.6) is 5.75 Å². The van der Waals surface area contributed by atoms with Crippen LogP contribution in [0.1, 0.15) is 61.8 Å². The minimum Gasteiger partial charge on any atom is -0.506 e. The highest BCUT2D eigenvalue weighted by Crippen LogP contribution is 2.37. The molecule has 1 unspecified atom stereocenters. The van der Waals surface area contributed by atoms with E-state index >= 15 is 0 Å². The van der Waals surface area contributed by atoms with Crippen molar-refractivity contribution in [2.24, 2.45) is 0 Å². The van der Waals surface area contributed by atoms with Gasteiger partial charge in [0.1, 0.15) is 5.75 Å². The zero-order chi connectivity index (χ0) is 24.8. The van der Waals surface area contributed by atoms with Gasteiger partial charge < -0.3 is 32.5 Å². The number of rotatable bonds is 10. The van der Waals surface area contributed by atoms with Crippen LogP contribution in [-0.2, 0) is 5.41 Å². The second kappa shape index (κ2) is 11.8. The summed E-state index contributed by atoms with van der Waals surface area (Å²) < 4.78 is 0.705. The Hall–Kier alpha value is -2.14. The summed E-state index contributed by atoms with van der Waals surface area (Å²) in [6.45, 7) is 11.0. The molecule has 0 radical (unpaired) electrons. The normalized spacial score (nSPS) is 12.5. The number of aromatic hydroxyl groups is 1. The van der Waals surface area contributed by atoms with Crippen molar-refractivity contribution in [3.63, 3.8) is 0 Å². The molecule has 11 heteroatoms. The Morgan fingerprint density at radius 2 is 1.85 bits per heavy atom. The third kappa shape index (κ3) is 7.70. The smallest absolute Gasteiger partial charge is 0.273 e. The van der Waals surface area contributed by atoms with Crippen molar-refractivity contribution in [3.05, 3.63) is 38.6 Å². The van der Waals surface area contributed by atoms with Gasteiger partial charge >= 0.3 is 0 Å². The van der Waals surface area contributed by atoms with E-state index in [-0.39, 0.29) is 39.7 Å². The molecule has 9 nitrogen and oxygen atoms in total. The molecule has 8 N–H and O–H groups in total. The molecule has 1 amide bonds. The zero-order valence-corrected chi connectivity index (χ0v) is 21.8. The lowest BCUT2D eigenvalue weighted by molar-refractivity contribution is 0.0949. The summed E-state index contributed by atoms with van der Waals surface area (Å²) in [6, 6.07) is 4.03. The number of nitrogens with two attached hydrogens (primary N) is 2. The van der Waals surface area contributed by atoms with E-state index in [0.717, 1.165) is 30.6 Å². The van der Waals surface area contributed by atoms with Gasteiger partial charge in [0.05, 0.1) is 4.47 Å². The number of benzene rings is 1. The van der Waals surface area contributed by atoms with Gasteiger partial charge in [-0.05, 0) is 65.5 Å². The van der Waals surface area contributed by atoms with Crippen LogP contribution in [0.15, 0.2) is 16.6 Å². The van der Waals surface area contributed by atoms with Crippen molar-refractivity contribution < 1.29 is 9.90 Å². The average molecular weight is 543 g/mol. The summed E-state index contributed by atoms with van der Waals surface area (Å²) in [5.41, 5.74) is 13.2. The largest absolute Gasteiger partial charge is 0.506 e. The number of carbonyl (C=O) groups excluding carboxylic acids is 1. The number of phenols is 1. The van der Waals surface area contributed by atoms with Crippen molar-refractivity contribution in [1.82, 2.24) is 25.9 Å². The molecule has 1 heterocycles. The van der Waals surface area contributed by atoms with Gasteiger partial charge in [0.2, 0.25) is 0 Å². The van der Waals surface area contributed by atoms with E-state index in [9.17, 15) is 9.90 Å². The standard InChI is InChI=1S/C22H33BrClN7O2/c1-12(14-10-13(22(2,3)4)11-15(23)17(14)32)28-7-5-6-27-8-9-29-21(33)16-19(25)31-20(26)18(24)30-16/h10-12,27-28,32H,5-9H2,1-4H3,(H,29,33)(H4,25,26,31). The summed E-state index contributed by atoms with van der Waals surface area (Å²) in [6.07, 6.45) is 0.880. The maximum Gasteiger partial charge on any atom is 0.273 e. The number of aromatic nitrogens is 2. The van der Waals surface area contributed by atoms with E-state index < -0.39 is 5.91 Å². The van der Waals surface area contributed by atoms with Gasteiger partial charge in [0.25, 0.3) is 5.91 Å². The molecule has 33 heavy (non-hydrogen) atoms. The van der Waals surface area contributed by atoms with E-state index in [1.807, 2.05) is 13.0 Å². The fraction of sp³-hybridized carbons (Fsp3) is 0.500. The van der Waals surface area contributed by atoms with Crippen LogP contribution in [0.3, 0.4) is 0 Å². The van der Waals surface area contributed by atoms with Crippen molar-refractivity contribution in [2.45, 2.75) is 45.6 Å². The van der Waals surface area contributed by atoms with Crippen molar-refractivity contribution >= 4 is 45.1 Å². The lowest BCUT2D eigenvalue weighted by Crippen LogP contribution is -2.34. The lowest BCUT2D eigenvalue weighted by Gasteiger charge is -2.24. The molecule has 0 saturated carbocycles. The number of hydrogen-bond donors (Lipinski definition) is 6. The average Bonchev–Trinajstić information content (AvgIpc) is 2.73. The summed E-state index contributed by atoms with van der Waals surface area (Å²) in [5, 5.41) is 19.8. The monoisotopic (exact) mass is 541 g/mol. The van der Waals surface area contributed by atoms with E-state index in [1.54, 1.807) is 0 Å². The number of phenolic OH excluding ortho intramolecular Hbond substituents is 1. The van der Waals surface area contributed by atoms with E-state index in [4.69, 9.17) is 23.1 Å². The molecule has 1 aromatic carbocycles. The van der Waals surface area contributed by atoms with Gasteiger partial charge in [0.15, 0.2) is 22.5 Å². The molecule has 0 aliphatic heterocycles. The summed E-state index contributed by atoms with van der Waals surface area (Å²) in [4.78, 5) is 19.8. The molecule has 0 aliphatic rings. The Kier molecular flexibility index (Phi) is 9.71. The number of carbonyl (C=O) groups is 1. The summed E-state index contributed by atoms with van der Waals surface area (Å²) in [5.74, 6) is -0.263. The molecular formula is C22H33BrClN7O2. The highest BCUT2D eigenvalue weighted by atomic mass is 79.9. The van der Waals surface area contributed by atoms with E-state index in [0.29, 0.717) is 17.6 Å². The third-order valence-electron chi connectivity index (χ3n) is 5.11. The Morgan fingerprint density at radius 3 is 2.52 bits per heavy atom. The van der Waals surface area contributed by atoms with Gasteiger partial charge in [-0.1, -0.05) is 32.4 Å². The first-order valence-electron chi connectivity index (χ1n) is 10.8. The molecule has 0 bridgehead atoms. The first-order chi connectivity index (χ1) is 15.4. The molecule has 0 fully saturated rings. The fourth-order valence-electron chi connectivity index (χ4n) is 3.11. The molecule has 0 spiro atoms. The van der Waals surface area contributed by atoms with Gasteiger partial charge in [-0.15, -0.1) is 0 Å². The Morgan fingerprint density at radius 1 is 1.15 bits per heavy atom. The maximum atomic E-state index is 12.2. The molecule has 2 aromatic rings. The third-order valence-corrected chi connectivity index (χ3v) is 6.00. The minimum absolute atomic E-state index is 0.00110. The van der Waals surface area contributed by atoms with Crippen LogP contribution in [-0.4, -0.2) is 47.2 Å². The molecule has 1 aromatic heterocycles. The fourth-order valence-corrected chi connectivity index (χ4v) is 3.71. The number of nitrogens with one attached hydrogen (secondary N) is 3. The molecular weight excluding hydrogens is 510 g/mol. The Labute approximate surface area is 208 Å². The van der Waals surface area contributed by atoms with Crippen molar-refractivity contribution in [3.8, 4) is 5.75 Å². The second-order valence-electron chi connectivity index (χ2n) is 8.81. The Bertz CT molecular complexity index is 982. The lowest BCUT2D eigenvalue weighted by atomic mass is 9.85. The second-order valence-corrected chi connectivity index (χ2v) is 10.0. The van der Waals surface area contributed by atoms with Gasteiger partial charge in [-0.3, -0.25) is 4.79 Å². The number of halogens is 2. The molecule has 2 rings (SSSR count). The van der Waals surface area contributed by atoms with Crippen LogP contribution in [0.2, 0.25) is 5.15 Å². The number of amides is 1. The SMILES string of the molecule is CC(NCCCNCCNC(=O)c1nc(Cl)c(N)nc1N)c1cc(C(C)(C)C)cc(Br)c1O. The minimum atomic E-state index is -0.456. The zero-order valence-electron chi connectivity index (χ0n) is 19.4. The highest BCUT2D eigenvalue weighted by molar-refractivity contribution is 9.10. The predicted octanol–water partition coefficient (Wildman–Crippen LogP) is 3.12. The number of anilines is 2. The van der Waals surface area contributed by atoms with Crippen LogP contribution in [0.25, 0.3) is 0 Å².